The maximum absolute atomic E-state index is 13.3. The third-order valence-corrected chi connectivity index (χ3v) is 3.36. The average molecular weight is 238 g/mol. The first-order chi connectivity index (χ1) is 8.13. The van der Waals surface area contributed by atoms with Crippen LogP contribution in [0.1, 0.15) is 38.3 Å². The molecule has 94 valence electrons. The van der Waals surface area contributed by atoms with Crippen molar-refractivity contribution in [1.29, 1.82) is 0 Å². The van der Waals surface area contributed by atoms with Crippen LogP contribution in [0.15, 0.2) is 12.3 Å². The molecule has 0 aliphatic carbocycles. The Balaban J connectivity index is 2.35. The molecule has 0 bridgehead atoms. The van der Waals surface area contributed by atoms with E-state index in [2.05, 4.69) is 23.7 Å². The lowest BCUT2D eigenvalue weighted by atomic mass is 10.1. The van der Waals surface area contributed by atoms with E-state index in [0.717, 1.165) is 24.9 Å². The minimum absolute atomic E-state index is 0.230. The predicted octanol–water partition coefficient (Wildman–Crippen LogP) is 2.77. The van der Waals surface area contributed by atoms with Gasteiger partial charge in [-0.05, 0) is 39.3 Å². The van der Waals surface area contributed by atoms with Crippen molar-refractivity contribution < 1.29 is 9.13 Å². The number of hydrogen-bond donors (Lipinski definition) is 0. The number of nitrogens with zero attached hydrogens (tertiary/aromatic N) is 2. The Morgan fingerprint density at radius 2 is 2.29 bits per heavy atom. The molecule has 1 saturated heterocycles. The Hall–Kier alpha value is -1.16. The van der Waals surface area contributed by atoms with Crippen LogP contribution in [-0.2, 0) is 0 Å². The molecule has 1 aromatic heterocycles. The van der Waals surface area contributed by atoms with Gasteiger partial charge in [0.05, 0.1) is 13.3 Å². The number of rotatable bonds is 3. The Bertz CT molecular complexity index is 395. The number of ether oxygens (including phenoxy) is 1. The number of hydrogen-bond acceptors (Lipinski definition) is 3. The molecule has 0 N–H and O–H groups in total. The van der Waals surface area contributed by atoms with Crippen LogP contribution in [-0.4, -0.2) is 29.6 Å². The Morgan fingerprint density at radius 3 is 2.94 bits per heavy atom. The number of aromatic nitrogens is 1. The molecule has 0 amide bonds. The number of methoxy groups -OCH3 is 1. The minimum Gasteiger partial charge on any atom is -0.481 e. The molecule has 2 rings (SSSR count). The van der Waals surface area contributed by atoms with E-state index in [1.165, 1.54) is 6.20 Å². The van der Waals surface area contributed by atoms with Gasteiger partial charge in [0.1, 0.15) is 5.82 Å². The van der Waals surface area contributed by atoms with Crippen LogP contribution in [0.5, 0.6) is 5.88 Å². The van der Waals surface area contributed by atoms with Crippen LogP contribution in [0.3, 0.4) is 0 Å². The van der Waals surface area contributed by atoms with Gasteiger partial charge in [-0.1, -0.05) is 0 Å². The van der Waals surface area contributed by atoms with Crippen molar-refractivity contribution in [2.75, 3.05) is 13.7 Å². The highest BCUT2D eigenvalue weighted by Gasteiger charge is 2.30. The van der Waals surface area contributed by atoms with Gasteiger partial charge in [-0.15, -0.1) is 0 Å². The first-order valence-electron chi connectivity index (χ1n) is 6.08. The smallest absolute Gasteiger partial charge is 0.218 e. The molecular weight excluding hydrogens is 219 g/mol. The highest BCUT2D eigenvalue weighted by Crippen LogP contribution is 2.37. The monoisotopic (exact) mass is 238 g/mol. The zero-order valence-electron chi connectivity index (χ0n) is 10.6. The quantitative estimate of drug-likeness (QED) is 0.809. The summed E-state index contributed by atoms with van der Waals surface area (Å²) in [5, 5.41) is 0. The van der Waals surface area contributed by atoms with Gasteiger partial charge in [0, 0.05) is 17.6 Å². The third-order valence-electron chi connectivity index (χ3n) is 3.36. The molecule has 0 spiro atoms. The number of likely N-dealkylation sites (tertiary alicyclic amines) is 1. The van der Waals surface area contributed by atoms with Gasteiger partial charge in [0.2, 0.25) is 5.88 Å². The molecule has 1 aromatic rings. The SMILES string of the molecule is COc1ncc(F)cc1C1CCCN1C(C)C. The lowest BCUT2D eigenvalue weighted by Gasteiger charge is -2.29. The Labute approximate surface area is 102 Å². The summed E-state index contributed by atoms with van der Waals surface area (Å²) < 4.78 is 18.6. The normalized spacial score (nSPS) is 21.1. The lowest BCUT2D eigenvalue weighted by molar-refractivity contribution is 0.200. The standard InChI is InChI=1S/C13H19FN2O/c1-9(2)16-6-4-5-12(16)11-7-10(14)8-15-13(11)17-3/h7-9,12H,4-6H2,1-3H3. The summed E-state index contributed by atoms with van der Waals surface area (Å²) in [4.78, 5) is 6.39. The van der Waals surface area contributed by atoms with Crippen molar-refractivity contribution >= 4 is 0 Å². The topological polar surface area (TPSA) is 25.4 Å². The van der Waals surface area contributed by atoms with E-state index in [1.54, 1.807) is 13.2 Å². The first-order valence-corrected chi connectivity index (χ1v) is 6.08. The molecule has 0 aromatic carbocycles. The molecule has 3 nitrogen and oxygen atoms in total. The molecule has 17 heavy (non-hydrogen) atoms. The molecule has 4 heteroatoms. The van der Waals surface area contributed by atoms with Gasteiger partial charge in [-0.2, -0.15) is 0 Å². The fourth-order valence-corrected chi connectivity index (χ4v) is 2.59. The van der Waals surface area contributed by atoms with Gasteiger partial charge in [-0.25, -0.2) is 9.37 Å². The molecule has 1 atom stereocenters. The van der Waals surface area contributed by atoms with E-state index in [-0.39, 0.29) is 11.9 Å². The molecule has 1 aliphatic heterocycles. The lowest BCUT2D eigenvalue weighted by Crippen LogP contribution is -2.30. The van der Waals surface area contributed by atoms with Crippen molar-refractivity contribution in [2.24, 2.45) is 0 Å². The molecule has 0 radical (unpaired) electrons. The zero-order valence-corrected chi connectivity index (χ0v) is 10.6. The maximum atomic E-state index is 13.3. The van der Waals surface area contributed by atoms with Crippen LogP contribution in [0.2, 0.25) is 0 Å². The Kier molecular flexibility index (Phi) is 3.62. The van der Waals surface area contributed by atoms with Crippen LogP contribution in [0.25, 0.3) is 0 Å². The highest BCUT2D eigenvalue weighted by molar-refractivity contribution is 5.30. The molecule has 1 aliphatic rings. The fourth-order valence-electron chi connectivity index (χ4n) is 2.59. The van der Waals surface area contributed by atoms with Crippen LogP contribution >= 0.6 is 0 Å². The van der Waals surface area contributed by atoms with Gasteiger partial charge in [0.25, 0.3) is 0 Å². The van der Waals surface area contributed by atoms with Crippen molar-refractivity contribution in [3.05, 3.63) is 23.6 Å². The second-order valence-corrected chi connectivity index (χ2v) is 4.74. The van der Waals surface area contributed by atoms with Crippen molar-refractivity contribution in [3.8, 4) is 5.88 Å². The summed E-state index contributed by atoms with van der Waals surface area (Å²) in [5.74, 6) is 0.250. The van der Waals surface area contributed by atoms with Gasteiger partial charge in [0.15, 0.2) is 0 Å². The molecule has 1 unspecified atom stereocenters. The fraction of sp³-hybridized carbons (Fsp3) is 0.615. The zero-order chi connectivity index (χ0) is 12.4. The van der Waals surface area contributed by atoms with Gasteiger partial charge < -0.3 is 4.74 Å². The third kappa shape index (κ3) is 2.41. The summed E-state index contributed by atoms with van der Waals surface area (Å²) in [6, 6.07) is 2.24. The van der Waals surface area contributed by atoms with Crippen LogP contribution in [0, 0.1) is 5.82 Å². The van der Waals surface area contributed by atoms with E-state index in [0.29, 0.717) is 11.9 Å². The average Bonchev–Trinajstić information content (AvgIpc) is 2.77. The van der Waals surface area contributed by atoms with Crippen LogP contribution in [0.4, 0.5) is 4.39 Å². The molecule has 2 heterocycles. The largest absolute Gasteiger partial charge is 0.481 e. The Morgan fingerprint density at radius 1 is 1.53 bits per heavy atom. The molecular formula is C13H19FN2O. The van der Waals surface area contributed by atoms with E-state index >= 15 is 0 Å². The minimum atomic E-state index is -0.295. The molecule has 1 fully saturated rings. The summed E-state index contributed by atoms with van der Waals surface area (Å²) >= 11 is 0. The summed E-state index contributed by atoms with van der Waals surface area (Å²) in [7, 11) is 1.58. The van der Waals surface area contributed by atoms with Crippen molar-refractivity contribution in [1.82, 2.24) is 9.88 Å². The maximum Gasteiger partial charge on any atom is 0.218 e. The number of pyridine rings is 1. The highest BCUT2D eigenvalue weighted by atomic mass is 19.1. The van der Waals surface area contributed by atoms with Crippen LogP contribution < -0.4 is 4.74 Å². The summed E-state index contributed by atoms with van der Waals surface area (Å²) in [6.07, 6.45) is 3.39. The second-order valence-electron chi connectivity index (χ2n) is 4.74. The molecule has 0 saturated carbocycles. The van der Waals surface area contributed by atoms with Crippen molar-refractivity contribution in [2.45, 2.75) is 38.8 Å². The van der Waals surface area contributed by atoms with E-state index in [1.807, 2.05) is 0 Å². The van der Waals surface area contributed by atoms with Gasteiger partial charge in [-0.3, -0.25) is 4.90 Å². The number of halogens is 1. The van der Waals surface area contributed by atoms with E-state index < -0.39 is 0 Å². The van der Waals surface area contributed by atoms with E-state index in [9.17, 15) is 4.39 Å². The van der Waals surface area contributed by atoms with Gasteiger partial charge >= 0.3 is 0 Å². The second kappa shape index (κ2) is 5.00. The van der Waals surface area contributed by atoms with Crippen molar-refractivity contribution in [3.63, 3.8) is 0 Å². The predicted molar refractivity (Wildman–Crippen MR) is 64.6 cm³/mol. The summed E-state index contributed by atoms with van der Waals surface area (Å²) in [5.41, 5.74) is 0.874. The summed E-state index contributed by atoms with van der Waals surface area (Å²) in [6.45, 7) is 5.39. The van der Waals surface area contributed by atoms with E-state index in [4.69, 9.17) is 4.74 Å². The first kappa shape index (κ1) is 12.3.